The van der Waals surface area contributed by atoms with E-state index in [4.69, 9.17) is 4.74 Å². The van der Waals surface area contributed by atoms with Crippen molar-refractivity contribution in [1.29, 1.82) is 0 Å². The topological polar surface area (TPSA) is 84.5 Å². The maximum Gasteiger partial charge on any atom is 0.341 e. The maximum atomic E-state index is 12.9. The number of nitrogens with one attached hydrogen (secondary N) is 2. The lowest BCUT2D eigenvalue weighted by Crippen LogP contribution is -2.17. The number of rotatable bonds is 8. The smallest absolute Gasteiger partial charge is 0.341 e. The van der Waals surface area contributed by atoms with Gasteiger partial charge in [0.05, 0.1) is 17.9 Å². The summed E-state index contributed by atoms with van der Waals surface area (Å²) in [5.74, 6) is -0.539. The van der Waals surface area contributed by atoms with E-state index in [1.807, 2.05) is 49.4 Å². The van der Waals surface area contributed by atoms with Crippen LogP contribution in [0.15, 0.2) is 53.4 Å². The molecule has 8 heteroatoms. The highest BCUT2D eigenvalue weighted by Crippen LogP contribution is 2.38. The minimum Gasteiger partial charge on any atom is -0.462 e. The summed E-state index contributed by atoms with van der Waals surface area (Å²) in [5.41, 5.74) is 3.86. The first kappa shape index (κ1) is 26.9. The number of fused-ring (bicyclic) bond motifs is 1. The van der Waals surface area contributed by atoms with Crippen molar-refractivity contribution in [2.75, 3.05) is 23.0 Å². The van der Waals surface area contributed by atoms with Gasteiger partial charge in [-0.2, -0.15) is 0 Å². The molecule has 0 saturated carbocycles. The number of hydrogen-bond donors (Lipinski definition) is 2. The highest BCUT2D eigenvalue weighted by Gasteiger charge is 2.26. The number of hydrogen-bond acceptors (Lipinski definition) is 6. The van der Waals surface area contributed by atoms with Gasteiger partial charge in [0.2, 0.25) is 5.91 Å². The number of benzene rings is 2. The van der Waals surface area contributed by atoms with E-state index >= 15 is 0 Å². The van der Waals surface area contributed by atoms with Gasteiger partial charge in [0.15, 0.2) is 0 Å². The van der Waals surface area contributed by atoms with Crippen LogP contribution in [0.5, 0.6) is 0 Å². The lowest BCUT2D eigenvalue weighted by Gasteiger charge is -2.11. The van der Waals surface area contributed by atoms with Crippen molar-refractivity contribution in [1.82, 2.24) is 0 Å². The summed E-state index contributed by atoms with van der Waals surface area (Å²) in [6.45, 7) is 4.03. The average Bonchev–Trinajstić information content (AvgIpc) is 3.18. The zero-order valence-electron chi connectivity index (χ0n) is 21.2. The molecule has 37 heavy (non-hydrogen) atoms. The fraction of sp³-hybridized carbons (Fsp3) is 0.345. The number of esters is 1. The fourth-order valence-electron chi connectivity index (χ4n) is 4.39. The summed E-state index contributed by atoms with van der Waals surface area (Å²) in [5, 5.41) is 6.49. The minimum absolute atomic E-state index is 0.177. The van der Waals surface area contributed by atoms with Crippen molar-refractivity contribution in [2.45, 2.75) is 57.3 Å². The molecule has 1 aliphatic rings. The highest BCUT2D eigenvalue weighted by atomic mass is 32.2. The molecule has 1 aromatic heterocycles. The lowest BCUT2D eigenvalue weighted by atomic mass is 9.96. The second-order valence-corrected chi connectivity index (χ2v) is 11.2. The van der Waals surface area contributed by atoms with Crippen LogP contribution in [0.25, 0.3) is 0 Å². The first-order valence-electron chi connectivity index (χ1n) is 12.7. The van der Waals surface area contributed by atoms with Crippen molar-refractivity contribution in [3.8, 4) is 0 Å². The Morgan fingerprint density at radius 2 is 1.76 bits per heavy atom. The molecule has 2 N–H and O–H groups in total. The van der Waals surface area contributed by atoms with E-state index in [0.717, 1.165) is 48.1 Å². The predicted molar refractivity (Wildman–Crippen MR) is 151 cm³/mol. The molecule has 1 aliphatic carbocycles. The quantitative estimate of drug-likeness (QED) is 0.242. The van der Waals surface area contributed by atoms with E-state index in [1.54, 1.807) is 13.0 Å². The van der Waals surface area contributed by atoms with E-state index in [1.165, 1.54) is 34.4 Å². The molecule has 0 radical (unpaired) electrons. The molecule has 2 aromatic carbocycles. The van der Waals surface area contributed by atoms with Gasteiger partial charge in [-0.25, -0.2) is 4.79 Å². The Labute approximate surface area is 226 Å². The molecular weight excluding hydrogens is 504 g/mol. The summed E-state index contributed by atoms with van der Waals surface area (Å²) in [6.07, 6.45) is 6.24. The Hall–Kier alpha value is -3.10. The van der Waals surface area contributed by atoms with Crippen LogP contribution in [0.1, 0.15) is 69.3 Å². The van der Waals surface area contributed by atoms with Gasteiger partial charge in [0.1, 0.15) is 5.00 Å². The van der Waals surface area contributed by atoms with Crippen LogP contribution >= 0.6 is 23.1 Å². The molecule has 194 valence electrons. The van der Waals surface area contributed by atoms with Gasteiger partial charge in [-0.15, -0.1) is 23.1 Å². The van der Waals surface area contributed by atoms with Crippen molar-refractivity contribution < 1.29 is 19.1 Å². The van der Waals surface area contributed by atoms with Gasteiger partial charge in [-0.1, -0.05) is 36.6 Å². The zero-order valence-corrected chi connectivity index (χ0v) is 22.9. The molecule has 6 nitrogen and oxygen atoms in total. The number of anilines is 2. The third-order valence-electron chi connectivity index (χ3n) is 6.15. The fourth-order valence-corrected chi connectivity index (χ4v) is 6.44. The van der Waals surface area contributed by atoms with Crippen LogP contribution in [-0.4, -0.2) is 30.1 Å². The zero-order chi connectivity index (χ0) is 26.2. The summed E-state index contributed by atoms with van der Waals surface area (Å²) >= 11 is 2.89. The molecule has 0 aliphatic heterocycles. The lowest BCUT2D eigenvalue weighted by molar-refractivity contribution is -0.113. The number of ether oxygens (including phenoxy) is 1. The normalized spacial score (nSPS) is 13.1. The van der Waals surface area contributed by atoms with Gasteiger partial charge >= 0.3 is 5.97 Å². The second kappa shape index (κ2) is 12.9. The highest BCUT2D eigenvalue weighted by molar-refractivity contribution is 8.00. The summed E-state index contributed by atoms with van der Waals surface area (Å²) in [7, 11) is 0. The predicted octanol–water partition coefficient (Wildman–Crippen LogP) is 6.88. The third kappa shape index (κ3) is 7.23. The Balaban J connectivity index is 1.41. The van der Waals surface area contributed by atoms with E-state index < -0.39 is 0 Å². The molecule has 4 rings (SSSR count). The molecule has 0 atom stereocenters. The summed E-state index contributed by atoms with van der Waals surface area (Å²) in [6, 6.07) is 14.9. The van der Waals surface area contributed by atoms with Crippen molar-refractivity contribution in [3.63, 3.8) is 0 Å². The van der Waals surface area contributed by atoms with Crippen LogP contribution in [0.2, 0.25) is 0 Å². The number of carbonyl (C=O) groups is 3. The molecular formula is C29H32N2O4S2. The number of thioether (sulfide) groups is 1. The standard InChI is InChI=1S/C29H32N2O4S2/c1-3-35-29(34)26-23-14-6-4-5-7-15-24(23)37-28(26)31-25(32)18-36-22-13-9-12-21(17-22)30-27(33)20-11-8-10-19(2)16-20/h8-13,16-17H,3-7,14-15,18H2,1-2H3,(H,30,33)(H,31,32). The first-order valence-corrected chi connectivity index (χ1v) is 14.5. The number of amides is 2. The molecule has 0 unspecified atom stereocenters. The van der Waals surface area contributed by atoms with Crippen molar-refractivity contribution in [3.05, 3.63) is 75.7 Å². The van der Waals surface area contributed by atoms with E-state index in [2.05, 4.69) is 10.6 Å². The van der Waals surface area contributed by atoms with Crippen LogP contribution in [0, 0.1) is 6.92 Å². The number of aryl methyl sites for hydroxylation is 2. The maximum absolute atomic E-state index is 12.9. The van der Waals surface area contributed by atoms with Crippen LogP contribution < -0.4 is 10.6 Å². The van der Waals surface area contributed by atoms with Gasteiger partial charge in [0.25, 0.3) is 5.91 Å². The number of carbonyl (C=O) groups excluding carboxylic acids is 3. The van der Waals surface area contributed by atoms with E-state index in [-0.39, 0.29) is 23.5 Å². The first-order chi connectivity index (χ1) is 17.9. The molecule has 0 spiro atoms. The average molecular weight is 537 g/mol. The Morgan fingerprint density at radius 3 is 2.54 bits per heavy atom. The Kier molecular flexibility index (Phi) is 9.41. The molecule has 2 amide bonds. The number of thiophene rings is 1. The second-order valence-electron chi connectivity index (χ2n) is 9.03. The SMILES string of the molecule is CCOC(=O)c1c(NC(=O)CSc2cccc(NC(=O)c3cccc(C)c3)c2)sc2c1CCCCCC2. The van der Waals surface area contributed by atoms with E-state index in [0.29, 0.717) is 28.4 Å². The van der Waals surface area contributed by atoms with Crippen molar-refractivity contribution >= 4 is 51.6 Å². The van der Waals surface area contributed by atoms with Gasteiger partial charge in [-0.05, 0) is 75.4 Å². The van der Waals surface area contributed by atoms with Crippen LogP contribution in [-0.2, 0) is 22.4 Å². The van der Waals surface area contributed by atoms with E-state index in [9.17, 15) is 14.4 Å². The van der Waals surface area contributed by atoms with Crippen molar-refractivity contribution in [2.24, 2.45) is 0 Å². The molecule has 0 fully saturated rings. The molecule has 1 heterocycles. The Morgan fingerprint density at radius 1 is 0.973 bits per heavy atom. The minimum atomic E-state index is -0.361. The molecule has 0 saturated heterocycles. The van der Waals surface area contributed by atoms with Gasteiger partial charge in [-0.3, -0.25) is 9.59 Å². The summed E-state index contributed by atoms with van der Waals surface area (Å²) in [4.78, 5) is 40.3. The molecule has 0 bridgehead atoms. The third-order valence-corrected chi connectivity index (χ3v) is 8.35. The van der Waals surface area contributed by atoms with Gasteiger partial charge < -0.3 is 15.4 Å². The summed E-state index contributed by atoms with van der Waals surface area (Å²) < 4.78 is 5.34. The molecule has 3 aromatic rings. The Bertz CT molecular complexity index is 1280. The van der Waals surface area contributed by atoms with Crippen LogP contribution in [0.3, 0.4) is 0 Å². The van der Waals surface area contributed by atoms with Crippen LogP contribution in [0.4, 0.5) is 10.7 Å². The monoisotopic (exact) mass is 536 g/mol. The largest absolute Gasteiger partial charge is 0.462 e. The van der Waals surface area contributed by atoms with Gasteiger partial charge in [0, 0.05) is 21.0 Å².